The van der Waals surface area contributed by atoms with E-state index in [-0.39, 0.29) is 5.91 Å². The number of carbonyl (C=O) groups excluding carboxylic acids is 1. The monoisotopic (exact) mass is 301 g/mol. The van der Waals surface area contributed by atoms with E-state index in [2.05, 4.69) is 40.2 Å². The molecule has 1 unspecified atom stereocenters. The van der Waals surface area contributed by atoms with Crippen molar-refractivity contribution in [3.63, 3.8) is 0 Å². The molecule has 1 aromatic heterocycles. The minimum atomic E-state index is -0.0578. The van der Waals surface area contributed by atoms with Crippen LogP contribution in [0, 0.1) is 12.8 Å². The Morgan fingerprint density at radius 2 is 2.24 bits per heavy atom. The fourth-order valence-corrected chi connectivity index (χ4v) is 1.65. The molecule has 1 rings (SSSR count). The van der Waals surface area contributed by atoms with Crippen LogP contribution in [0.1, 0.15) is 37.0 Å². The van der Waals surface area contributed by atoms with E-state index < -0.39 is 0 Å². The summed E-state index contributed by atoms with van der Waals surface area (Å²) in [5.41, 5.74) is 1.50. The number of alkyl halides is 1. The fraction of sp³-hybridized carbons (Fsp3) is 0.667. The molecule has 0 aliphatic carbocycles. The molecule has 0 radical (unpaired) electrons. The second-order valence-corrected chi connectivity index (χ2v) is 5.63. The summed E-state index contributed by atoms with van der Waals surface area (Å²) in [6.45, 7) is 9.44. The van der Waals surface area contributed by atoms with Gasteiger partial charge in [0.25, 0.3) is 5.91 Å². The van der Waals surface area contributed by atoms with Gasteiger partial charge in [-0.2, -0.15) is 5.10 Å². The molecule has 0 spiro atoms. The van der Waals surface area contributed by atoms with Crippen LogP contribution in [0.4, 0.5) is 0 Å². The standard InChI is InChI=1S/C12H20BrN3O/c1-5-16-11(6-9(4)15-16)12(17)14-7-10(13)8(2)3/h6,8,10H,5,7H2,1-4H3,(H,14,17). The Balaban J connectivity index is 2.63. The Bertz CT molecular complexity index is 387. The van der Waals surface area contributed by atoms with Crippen LogP contribution in [0.15, 0.2) is 6.07 Å². The Labute approximate surface area is 111 Å². The summed E-state index contributed by atoms with van der Waals surface area (Å²) < 4.78 is 1.73. The normalized spacial score (nSPS) is 12.8. The third kappa shape index (κ3) is 3.84. The first-order valence-corrected chi connectivity index (χ1v) is 6.84. The largest absolute Gasteiger partial charge is 0.350 e. The second kappa shape index (κ2) is 6.19. The van der Waals surface area contributed by atoms with E-state index >= 15 is 0 Å². The Kier molecular flexibility index (Phi) is 5.18. The average Bonchev–Trinajstić information content (AvgIpc) is 2.66. The number of aromatic nitrogens is 2. The summed E-state index contributed by atoms with van der Waals surface area (Å²) in [6, 6.07) is 1.82. The molecule has 0 bridgehead atoms. The van der Waals surface area contributed by atoms with Crippen molar-refractivity contribution in [1.82, 2.24) is 15.1 Å². The summed E-state index contributed by atoms with van der Waals surface area (Å²) >= 11 is 3.55. The number of halogens is 1. The van der Waals surface area contributed by atoms with E-state index in [0.717, 1.165) is 5.69 Å². The molecule has 5 heteroatoms. The molecule has 1 N–H and O–H groups in total. The topological polar surface area (TPSA) is 46.9 Å². The minimum Gasteiger partial charge on any atom is -0.350 e. The van der Waals surface area contributed by atoms with Crippen LogP contribution in [0.25, 0.3) is 0 Å². The summed E-state index contributed by atoms with van der Waals surface area (Å²) in [4.78, 5) is 12.3. The predicted octanol–water partition coefficient (Wildman–Crippen LogP) is 2.36. The molecule has 0 fully saturated rings. The number of nitrogens with one attached hydrogen (secondary N) is 1. The van der Waals surface area contributed by atoms with Crippen molar-refractivity contribution in [1.29, 1.82) is 0 Å². The smallest absolute Gasteiger partial charge is 0.269 e. The first kappa shape index (κ1) is 14.2. The Hall–Kier alpha value is -0.840. The van der Waals surface area contributed by atoms with Crippen molar-refractivity contribution in [3.8, 4) is 0 Å². The number of carbonyl (C=O) groups is 1. The van der Waals surface area contributed by atoms with Crippen molar-refractivity contribution in [2.24, 2.45) is 5.92 Å². The zero-order valence-electron chi connectivity index (χ0n) is 10.8. The number of amides is 1. The first-order valence-electron chi connectivity index (χ1n) is 5.92. The lowest BCUT2D eigenvalue weighted by molar-refractivity contribution is 0.0942. The molecule has 1 heterocycles. The quantitative estimate of drug-likeness (QED) is 0.849. The molecule has 0 aliphatic heterocycles. The molecule has 17 heavy (non-hydrogen) atoms. The van der Waals surface area contributed by atoms with E-state index in [1.165, 1.54) is 0 Å². The van der Waals surface area contributed by atoms with Crippen molar-refractivity contribution in [2.75, 3.05) is 6.54 Å². The number of rotatable bonds is 5. The van der Waals surface area contributed by atoms with Crippen LogP contribution in [0.5, 0.6) is 0 Å². The third-order valence-corrected chi connectivity index (χ3v) is 4.00. The van der Waals surface area contributed by atoms with Crippen molar-refractivity contribution < 1.29 is 4.79 Å². The highest BCUT2D eigenvalue weighted by molar-refractivity contribution is 9.09. The van der Waals surface area contributed by atoms with Gasteiger partial charge in [-0.1, -0.05) is 29.8 Å². The number of nitrogens with zero attached hydrogens (tertiary/aromatic N) is 2. The molecule has 1 aromatic rings. The van der Waals surface area contributed by atoms with Gasteiger partial charge in [-0.05, 0) is 25.8 Å². The van der Waals surface area contributed by atoms with E-state index in [1.807, 2.05) is 19.9 Å². The maximum atomic E-state index is 12.0. The number of hydrogen-bond donors (Lipinski definition) is 1. The van der Waals surface area contributed by atoms with Crippen LogP contribution in [-0.4, -0.2) is 27.1 Å². The van der Waals surface area contributed by atoms with Gasteiger partial charge in [0.2, 0.25) is 0 Å². The fourth-order valence-electron chi connectivity index (χ4n) is 1.49. The maximum Gasteiger partial charge on any atom is 0.269 e. The molecular weight excluding hydrogens is 282 g/mol. The lowest BCUT2D eigenvalue weighted by Crippen LogP contribution is -2.33. The van der Waals surface area contributed by atoms with Gasteiger partial charge < -0.3 is 5.32 Å². The van der Waals surface area contributed by atoms with Crippen molar-refractivity contribution in [3.05, 3.63) is 17.5 Å². The molecular formula is C12H20BrN3O. The second-order valence-electron chi connectivity index (χ2n) is 4.46. The lowest BCUT2D eigenvalue weighted by Gasteiger charge is -2.14. The van der Waals surface area contributed by atoms with E-state index in [4.69, 9.17) is 0 Å². The van der Waals surface area contributed by atoms with Crippen molar-refractivity contribution >= 4 is 21.8 Å². The van der Waals surface area contributed by atoms with Crippen LogP contribution < -0.4 is 5.32 Å². The van der Waals surface area contributed by atoms with Gasteiger partial charge >= 0.3 is 0 Å². The van der Waals surface area contributed by atoms with Gasteiger partial charge in [-0.3, -0.25) is 9.48 Å². The van der Waals surface area contributed by atoms with Crippen LogP contribution in [-0.2, 0) is 6.54 Å². The van der Waals surface area contributed by atoms with Gasteiger partial charge in [-0.25, -0.2) is 0 Å². The SMILES string of the molecule is CCn1nc(C)cc1C(=O)NCC(Br)C(C)C. The predicted molar refractivity (Wildman–Crippen MR) is 72.5 cm³/mol. The highest BCUT2D eigenvalue weighted by Crippen LogP contribution is 2.11. The molecule has 4 nitrogen and oxygen atoms in total. The van der Waals surface area contributed by atoms with E-state index in [0.29, 0.717) is 29.5 Å². The summed E-state index contributed by atoms with van der Waals surface area (Å²) in [5.74, 6) is 0.436. The summed E-state index contributed by atoms with van der Waals surface area (Å²) in [5, 5.41) is 7.18. The average molecular weight is 302 g/mol. The Morgan fingerprint density at radius 3 is 2.76 bits per heavy atom. The van der Waals surface area contributed by atoms with Gasteiger partial charge in [0, 0.05) is 17.9 Å². The molecule has 1 amide bonds. The molecule has 1 atom stereocenters. The van der Waals surface area contributed by atoms with Crippen LogP contribution in [0.3, 0.4) is 0 Å². The van der Waals surface area contributed by atoms with Gasteiger partial charge in [0.15, 0.2) is 0 Å². The molecule has 96 valence electrons. The van der Waals surface area contributed by atoms with Crippen molar-refractivity contribution in [2.45, 2.75) is 39.1 Å². The zero-order valence-corrected chi connectivity index (χ0v) is 12.4. The molecule has 0 aliphatic rings. The lowest BCUT2D eigenvalue weighted by atomic mass is 10.1. The first-order chi connectivity index (χ1) is 7.95. The highest BCUT2D eigenvalue weighted by atomic mass is 79.9. The Morgan fingerprint density at radius 1 is 1.59 bits per heavy atom. The maximum absolute atomic E-state index is 12.0. The molecule has 0 saturated heterocycles. The highest BCUT2D eigenvalue weighted by Gasteiger charge is 2.15. The number of hydrogen-bond acceptors (Lipinski definition) is 2. The third-order valence-electron chi connectivity index (χ3n) is 2.62. The van der Waals surface area contributed by atoms with Crippen LogP contribution in [0.2, 0.25) is 0 Å². The van der Waals surface area contributed by atoms with E-state index in [9.17, 15) is 4.79 Å². The van der Waals surface area contributed by atoms with Gasteiger partial charge in [0.05, 0.1) is 5.69 Å². The summed E-state index contributed by atoms with van der Waals surface area (Å²) in [6.07, 6.45) is 0. The van der Waals surface area contributed by atoms with Gasteiger partial charge in [-0.15, -0.1) is 0 Å². The zero-order chi connectivity index (χ0) is 13.0. The minimum absolute atomic E-state index is 0.0578. The van der Waals surface area contributed by atoms with Crippen LogP contribution >= 0.6 is 15.9 Å². The summed E-state index contributed by atoms with van der Waals surface area (Å²) in [7, 11) is 0. The molecule has 0 saturated carbocycles. The molecule has 0 aromatic carbocycles. The van der Waals surface area contributed by atoms with E-state index in [1.54, 1.807) is 4.68 Å². The number of aryl methyl sites for hydroxylation is 2. The van der Waals surface area contributed by atoms with Gasteiger partial charge in [0.1, 0.15) is 5.69 Å².